The summed E-state index contributed by atoms with van der Waals surface area (Å²) in [6, 6.07) is 16.7. The summed E-state index contributed by atoms with van der Waals surface area (Å²) in [6.07, 6.45) is 9.99. The molecule has 0 atom stereocenters. The van der Waals surface area contributed by atoms with Gasteiger partial charge in [0.15, 0.2) is 11.6 Å². The molecule has 0 unspecified atom stereocenters. The fraction of sp³-hybridized carbons (Fsp3) is 0.500. The quantitative estimate of drug-likeness (QED) is 0.192. The normalized spacial score (nSPS) is 13.7. The summed E-state index contributed by atoms with van der Waals surface area (Å²) in [7, 11) is 0. The van der Waals surface area contributed by atoms with Crippen molar-refractivity contribution in [3.8, 4) is 28.5 Å². The van der Waals surface area contributed by atoms with Crippen molar-refractivity contribution in [3.05, 3.63) is 60.2 Å². The molecular formula is C34H47N5O4. The zero-order chi connectivity index (χ0) is 30.3. The van der Waals surface area contributed by atoms with Crippen LogP contribution in [0.5, 0.6) is 17.2 Å². The number of para-hydroxylation sites is 1. The van der Waals surface area contributed by atoms with E-state index in [4.69, 9.17) is 15.2 Å². The number of carbonyl (C=O) groups is 1. The number of phenols is 1. The Hall–Kier alpha value is -3.85. The molecule has 0 spiro atoms. The van der Waals surface area contributed by atoms with Gasteiger partial charge in [-0.25, -0.2) is 0 Å². The van der Waals surface area contributed by atoms with Gasteiger partial charge in [0.2, 0.25) is 5.91 Å². The number of aromatic hydroxyl groups is 1. The molecule has 1 saturated heterocycles. The van der Waals surface area contributed by atoms with Gasteiger partial charge in [-0.15, -0.1) is 10.2 Å². The van der Waals surface area contributed by atoms with Crippen LogP contribution >= 0.6 is 0 Å². The van der Waals surface area contributed by atoms with Crippen molar-refractivity contribution in [1.82, 2.24) is 20.0 Å². The number of piperazine rings is 1. The molecule has 0 bridgehead atoms. The number of rotatable bonds is 17. The van der Waals surface area contributed by atoms with E-state index in [0.717, 1.165) is 50.5 Å². The van der Waals surface area contributed by atoms with Crippen LogP contribution in [0, 0.1) is 0 Å². The lowest BCUT2D eigenvalue weighted by Crippen LogP contribution is -2.49. The first-order valence-electron chi connectivity index (χ1n) is 15.8. The average Bonchev–Trinajstić information content (AvgIpc) is 3.02. The van der Waals surface area contributed by atoms with E-state index in [0.29, 0.717) is 49.0 Å². The van der Waals surface area contributed by atoms with Gasteiger partial charge < -0.3 is 25.2 Å². The second-order valence-corrected chi connectivity index (χ2v) is 11.2. The number of ether oxygens (including phenoxy) is 2. The maximum Gasteiger partial charge on any atom is 0.222 e. The number of hydrogen-bond donors (Lipinski definition) is 2. The Morgan fingerprint density at radius 2 is 1.65 bits per heavy atom. The van der Waals surface area contributed by atoms with Gasteiger partial charge in [0.1, 0.15) is 23.8 Å². The van der Waals surface area contributed by atoms with E-state index in [9.17, 15) is 9.90 Å². The van der Waals surface area contributed by atoms with Crippen molar-refractivity contribution in [2.45, 2.75) is 64.7 Å². The Bertz CT molecular complexity index is 1280. The molecule has 3 aromatic rings. The number of carbonyl (C=O) groups excluding carboxylic acids is 1. The number of amides is 1. The molecule has 9 nitrogen and oxygen atoms in total. The van der Waals surface area contributed by atoms with Gasteiger partial charge in [-0.1, -0.05) is 69.7 Å². The molecule has 0 radical (unpaired) electrons. The average molecular weight is 590 g/mol. The van der Waals surface area contributed by atoms with Gasteiger partial charge >= 0.3 is 0 Å². The summed E-state index contributed by atoms with van der Waals surface area (Å²) in [4.78, 5) is 17.0. The summed E-state index contributed by atoms with van der Waals surface area (Å²) in [5.41, 5.74) is 8.14. The van der Waals surface area contributed by atoms with E-state index in [1.807, 2.05) is 35.2 Å². The van der Waals surface area contributed by atoms with E-state index < -0.39 is 0 Å². The van der Waals surface area contributed by atoms with Gasteiger partial charge in [-0.2, -0.15) is 0 Å². The molecule has 2 aromatic carbocycles. The molecule has 232 valence electrons. The highest BCUT2D eigenvalue weighted by atomic mass is 16.5. The number of unbranched alkanes of at least 4 members (excludes halogenated alkanes) is 6. The SMILES string of the molecule is CCCCCCCCCC(=O)N1CCN(CCOc2cccc(CCOc3cc(-c4ccccc4O)nnc3N)c2)CC1. The topological polar surface area (TPSA) is 114 Å². The number of anilines is 1. The first-order chi connectivity index (χ1) is 21.0. The van der Waals surface area contributed by atoms with Crippen molar-refractivity contribution >= 4 is 11.7 Å². The van der Waals surface area contributed by atoms with Crippen molar-refractivity contribution < 1.29 is 19.4 Å². The van der Waals surface area contributed by atoms with Gasteiger partial charge in [-0.05, 0) is 36.2 Å². The maximum atomic E-state index is 12.6. The minimum absolute atomic E-state index is 0.121. The fourth-order valence-corrected chi connectivity index (χ4v) is 5.30. The zero-order valence-electron chi connectivity index (χ0n) is 25.5. The Morgan fingerprint density at radius 3 is 2.44 bits per heavy atom. The molecule has 4 rings (SSSR count). The number of nitrogens with zero attached hydrogens (tertiary/aromatic N) is 4. The third kappa shape index (κ3) is 10.4. The third-order valence-corrected chi connectivity index (χ3v) is 7.91. The zero-order valence-corrected chi connectivity index (χ0v) is 25.5. The first-order valence-corrected chi connectivity index (χ1v) is 15.8. The van der Waals surface area contributed by atoms with Crippen molar-refractivity contribution in [3.63, 3.8) is 0 Å². The molecule has 1 fully saturated rings. The number of aromatic nitrogens is 2. The van der Waals surface area contributed by atoms with Gasteiger partial charge in [-0.3, -0.25) is 9.69 Å². The predicted octanol–water partition coefficient (Wildman–Crippen LogP) is 5.72. The van der Waals surface area contributed by atoms with Crippen LogP contribution in [0.3, 0.4) is 0 Å². The number of hydrogen-bond acceptors (Lipinski definition) is 8. The van der Waals surface area contributed by atoms with Gasteiger partial charge in [0.25, 0.3) is 0 Å². The molecule has 9 heteroatoms. The summed E-state index contributed by atoms with van der Waals surface area (Å²) in [6.45, 7) is 7.46. The molecule has 1 amide bonds. The summed E-state index contributed by atoms with van der Waals surface area (Å²) in [5.74, 6) is 1.89. The monoisotopic (exact) mass is 589 g/mol. The maximum absolute atomic E-state index is 12.6. The van der Waals surface area contributed by atoms with Crippen LogP contribution in [-0.4, -0.2) is 76.9 Å². The third-order valence-electron chi connectivity index (χ3n) is 7.91. The molecule has 1 aliphatic heterocycles. The highest BCUT2D eigenvalue weighted by Gasteiger charge is 2.20. The second kappa shape index (κ2) is 17.3. The molecule has 3 N–H and O–H groups in total. The van der Waals surface area contributed by atoms with Crippen molar-refractivity contribution in [2.24, 2.45) is 0 Å². The Morgan fingerprint density at radius 1 is 0.884 bits per heavy atom. The first kappa shape index (κ1) is 32.1. The highest BCUT2D eigenvalue weighted by Crippen LogP contribution is 2.30. The lowest BCUT2D eigenvalue weighted by Gasteiger charge is -2.34. The molecular weight excluding hydrogens is 542 g/mol. The molecule has 0 aliphatic carbocycles. The van der Waals surface area contributed by atoms with E-state index in [-0.39, 0.29) is 11.6 Å². The summed E-state index contributed by atoms with van der Waals surface area (Å²) >= 11 is 0. The largest absolute Gasteiger partial charge is 0.507 e. The van der Waals surface area contributed by atoms with Crippen LogP contribution in [0.2, 0.25) is 0 Å². The summed E-state index contributed by atoms with van der Waals surface area (Å²) in [5, 5.41) is 18.2. The Labute approximate surface area is 256 Å². The number of nitrogens with two attached hydrogens (primary N) is 1. The standard InChI is InChI=1S/C34H47N5O4/c1-2-3-4-5-6-7-8-16-33(41)39-20-18-38(19-21-39)22-24-42-28-13-11-12-27(25-28)17-23-43-32-26-30(36-37-34(32)35)29-14-9-10-15-31(29)40/h9-15,25-26,40H,2-8,16-24H2,1H3,(H2,35,37). The second-order valence-electron chi connectivity index (χ2n) is 11.2. The molecule has 0 saturated carbocycles. The van der Waals surface area contributed by atoms with Crippen molar-refractivity contribution in [2.75, 3.05) is 51.7 Å². The van der Waals surface area contributed by atoms with Crippen LogP contribution in [0.25, 0.3) is 11.3 Å². The van der Waals surface area contributed by atoms with Crippen LogP contribution < -0.4 is 15.2 Å². The Kier molecular flexibility index (Phi) is 12.9. The molecule has 1 aliphatic rings. The fourth-order valence-electron chi connectivity index (χ4n) is 5.30. The molecule has 2 heterocycles. The number of phenolic OH excluding ortho intramolecular Hbond substituents is 1. The van der Waals surface area contributed by atoms with Crippen LogP contribution in [0.4, 0.5) is 5.82 Å². The lowest BCUT2D eigenvalue weighted by molar-refractivity contribution is -0.133. The molecule has 43 heavy (non-hydrogen) atoms. The number of nitrogen functional groups attached to an aromatic ring is 1. The van der Waals surface area contributed by atoms with E-state index in [2.05, 4.69) is 22.0 Å². The molecule has 1 aromatic heterocycles. The van der Waals surface area contributed by atoms with Gasteiger partial charge in [0, 0.05) is 57.2 Å². The lowest BCUT2D eigenvalue weighted by atomic mass is 10.1. The van der Waals surface area contributed by atoms with Crippen LogP contribution in [0.15, 0.2) is 54.6 Å². The summed E-state index contributed by atoms with van der Waals surface area (Å²) < 4.78 is 12.0. The van der Waals surface area contributed by atoms with Crippen molar-refractivity contribution in [1.29, 1.82) is 0 Å². The number of benzene rings is 2. The van der Waals surface area contributed by atoms with Crippen LogP contribution in [0.1, 0.15) is 63.9 Å². The highest BCUT2D eigenvalue weighted by molar-refractivity contribution is 5.76. The van der Waals surface area contributed by atoms with E-state index in [1.54, 1.807) is 24.3 Å². The minimum Gasteiger partial charge on any atom is -0.507 e. The van der Waals surface area contributed by atoms with E-state index in [1.165, 1.54) is 38.5 Å². The minimum atomic E-state index is 0.121. The van der Waals surface area contributed by atoms with E-state index >= 15 is 0 Å². The van der Waals surface area contributed by atoms with Crippen LogP contribution in [-0.2, 0) is 11.2 Å². The van der Waals surface area contributed by atoms with Gasteiger partial charge in [0.05, 0.1) is 6.61 Å². The smallest absolute Gasteiger partial charge is 0.222 e. The Balaban J connectivity index is 1.13. The predicted molar refractivity (Wildman–Crippen MR) is 170 cm³/mol.